The molecule has 0 aliphatic carbocycles. The van der Waals surface area contributed by atoms with Gasteiger partial charge in [-0.25, -0.2) is 0 Å². The van der Waals surface area contributed by atoms with Gasteiger partial charge in [0.15, 0.2) is 0 Å². The zero-order chi connectivity index (χ0) is 10.7. The van der Waals surface area contributed by atoms with E-state index >= 15 is 0 Å². The van der Waals surface area contributed by atoms with Crippen LogP contribution < -0.4 is 10.2 Å². The van der Waals surface area contributed by atoms with E-state index < -0.39 is 0 Å². The van der Waals surface area contributed by atoms with E-state index in [1.165, 1.54) is 18.5 Å². The summed E-state index contributed by atoms with van der Waals surface area (Å²) in [7, 11) is 2.19. The molecular formula is C12H18BrClN2. The van der Waals surface area contributed by atoms with E-state index in [2.05, 4.69) is 57.5 Å². The minimum Gasteiger partial charge on any atom is -0.372 e. The maximum atomic E-state index is 3.46. The van der Waals surface area contributed by atoms with Crippen LogP contribution in [0.1, 0.15) is 12.8 Å². The van der Waals surface area contributed by atoms with E-state index in [1.54, 1.807) is 0 Å². The molecule has 1 fully saturated rings. The van der Waals surface area contributed by atoms with Crippen molar-refractivity contribution in [3.8, 4) is 0 Å². The Morgan fingerprint density at radius 2 is 1.75 bits per heavy atom. The van der Waals surface area contributed by atoms with Gasteiger partial charge in [0.2, 0.25) is 0 Å². The maximum Gasteiger partial charge on any atom is 0.0366 e. The number of nitrogens with zero attached hydrogens (tertiary/aromatic N) is 1. The Morgan fingerprint density at radius 1 is 1.19 bits per heavy atom. The molecule has 0 spiro atoms. The SMILES string of the molecule is CN(c1ccc(Br)cc1)C1CCNCC1.Cl. The molecule has 1 aliphatic heterocycles. The molecule has 1 aliphatic rings. The number of halogens is 2. The van der Waals surface area contributed by atoms with E-state index in [9.17, 15) is 0 Å². The topological polar surface area (TPSA) is 15.3 Å². The predicted octanol–water partition coefficient (Wildman–Crippen LogP) is 3.06. The van der Waals surface area contributed by atoms with Crippen molar-refractivity contribution in [1.82, 2.24) is 5.32 Å². The second-order valence-corrected chi connectivity index (χ2v) is 4.98. The molecule has 0 bridgehead atoms. The Labute approximate surface area is 112 Å². The van der Waals surface area contributed by atoms with Gasteiger partial charge in [0.1, 0.15) is 0 Å². The predicted molar refractivity (Wildman–Crippen MR) is 75.7 cm³/mol. The molecule has 0 amide bonds. The van der Waals surface area contributed by atoms with Gasteiger partial charge in [0, 0.05) is 23.2 Å². The molecule has 4 heteroatoms. The highest BCUT2D eigenvalue weighted by Crippen LogP contribution is 2.21. The van der Waals surface area contributed by atoms with Crippen molar-refractivity contribution in [1.29, 1.82) is 0 Å². The normalized spacial score (nSPS) is 16.6. The van der Waals surface area contributed by atoms with Crippen LogP contribution in [0.3, 0.4) is 0 Å². The number of piperidine rings is 1. The highest BCUT2D eigenvalue weighted by atomic mass is 79.9. The molecule has 1 N–H and O–H groups in total. The summed E-state index contributed by atoms with van der Waals surface area (Å²) in [6.07, 6.45) is 2.49. The lowest BCUT2D eigenvalue weighted by Crippen LogP contribution is -2.41. The number of nitrogens with one attached hydrogen (secondary N) is 1. The van der Waals surface area contributed by atoms with E-state index in [4.69, 9.17) is 0 Å². The van der Waals surface area contributed by atoms with Crippen LogP contribution in [0.25, 0.3) is 0 Å². The van der Waals surface area contributed by atoms with Crippen LogP contribution in [0.15, 0.2) is 28.7 Å². The molecule has 1 heterocycles. The summed E-state index contributed by atoms with van der Waals surface area (Å²) in [5.41, 5.74) is 1.31. The molecule has 0 aromatic heterocycles. The summed E-state index contributed by atoms with van der Waals surface area (Å²) in [6, 6.07) is 9.24. The smallest absolute Gasteiger partial charge is 0.0366 e. The lowest BCUT2D eigenvalue weighted by Gasteiger charge is -2.33. The first kappa shape index (κ1) is 13.8. The molecule has 1 aromatic carbocycles. The van der Waals surface area contributed by atoms with Gasteiger partial charge >= 0.3 is 0 Å². The van der Waals surface area contributed by atoms with Gasteiger partial charge in [-0.05, 0) is 50.2 Å². The summed E-state index contributed by atoms with van der Waals surface area (Å²) < 4.78 is 1.14. The van der Waals surface area contributed by atoms with Gasteiger partial charge in [0.25, 0.3) is 0 Å². The molecule has 0 atom stereocenters. The van der Waals surface area contributed by atoms with Crippen LogP contribution in [0, 0.1) is 0 Å². The van der Waals surface area contributed by atoms with Crippen molar-refractivity contribution in [3.05, 3.63) is 28.7 Å². The standard InChI is InChI=1S/C12H17BrN2.ClH/c1-15(12-6-8-14-9-7-12)11-4-2-10(13)3-5-11;/h2-5,12,14H,6-9H2,1H3;1H. The lowest BCUT2D eigenvalue weighted by atomic mass is 10.0. The summed E-state index contributed by atoms with van der Waals surface area (Å²) in [5.74, 6) is 0. The highest BCUT2D eigenvalue weighted by Gasteiger charge is 2.17. The number of hydrogen-bond acceptors (Lipinski definition) is 2. The van der Waals surface area contributed by atoms with Crippen LogP contribution >= 0.6 is 28.3 Å². The van der Waals surface area contributed by atoms with Crippen molar-refractivity contribution in [3.63, 3.8) is 0 Å². The number of hydrogen-bond donors (Lipinski definition) is 1. The minimum atomic E-state index is 0. The Kier molecular flexibility index (Phi) is 5.59. The molecule has 1 saturated heterocycles. The Bertz CT molecular complexity index is 309. The van der Waals surface area contributed by atoms with Gasteiger partial charge in [-0.3, -0.25) is 0 Å². The monoisotopic (exact) mass is 304 g/mol. The first-order chi connectivity index (χ1) is 7.27. The van der Waals surface area contributed by atoms with Gasteiger partial charge in [-0.1, -0.05) is 15.9 Å². The van der Waals surface area contributed by atoms with Gasteiger partial charge in [0.05, 0.1) is 0 Å². The molecular weight excluding hydrogens is 288 g/mol. The van der Waals surface area contributed by atoms with Gasteiger partial charge in [-0.15, -0.1) is 12.4 Å². The first-order valence-electron chi connectivity index (χ1n) is 5.46. The van der Waals surface area contributed by atoms with Crippen LogP contribution in [0.5, 0.6) is 0 Å². The summed E-state index contributed by atoms with van der Waals surface area (Å²) in [6.45, 7) is 2.29. The molecule has 16 heavy (non-hydrogen) atoms. The fourth-order valence-electron chi connectivity index (χ4n) is 2.08. The van der Waals surface area contributed by atoms with E-state index in [0.29, 0.717) is 6.04 Å². The molecule has 90 valence electrons. The Balaban J connectivity index is 0.00000128. The Morgan fingerprint density at radius 3 is 2.31 bits per heavy atom. The molecule has 1 aromatic rings. The van der Waals surface area contributed by atoms with Crippen LogP contribution in [-0.2, 0) is 0 Å². The zero-order valence-corrected chi connectivity index (χ0v) is 11.9. The summed E-state index contributed by atoms with van der Waals surface area (Å²) in [4.78, 5) is 2.40. The summed E-state index contributed by atoms with van der Waals surface area (Å²) in [5, 5.41) is 3.40. The minimum absolute atomic E-state index is 0. The van der Waals surface area contributed by atoms with Crippen molar-refractivity contribution < 1.29 is 0 Å². The van der Waals surface area contributed by atoms with Crippen molar-refractivity contribution in [2.75, 3.05) is 25.0 Å². The number of anilines is 1. The van der Waals surface area contributed by atoms with Crippen molar-refractivity contribution >= 4 is 34.0 Å². The molecule has 0 unspecified atom stereocenters. The molecule has 2 nitrogen and oxygen atoms in total. The fraction of sp³-hybridized carbons (Fsp3) is 0.500. The van der Waals surface area contributed by atoms with E-state index in [-0.39, 0.29) is 12.4 Å². The second kappa shape index (κ2) is 6.48. The van der Waals surface area contributed by atoms with E-state index in [0.717, 1.165) is 17.6 Å². The van der Waals surface area contributed by atoms with Crippen LogP contribution in [0.2, 0.25) is 0 Å². The number of rotatable bonds is 2. The molecule has 0 saturated carbocycles. The van der Waals surface area contributed by atoms with Crippen molar-refractivity contribution in [2.45, 2.75) is 18.9 Å². The average molecular weight is 306 g/mol. The van der Waals surface area contributed by atoms with Gasteiger partial charge in [-0.2, -0.15) is 0 Å². The third-order valence-electron chi connectivity index (χ3n) is 3.09. The summed E-state index contributed by atoms with van der Waals surface area (Å²) >= 11 is 3.46. The van der Waals surface area contributed by atoms with Crippen LogP contribution in [0.4, 0.5) is 5.69 Å². The largest absolute Gasteiger partial charge is 0.372 e. The zero-order valence-electron chi connectivity index (χ0n) is 9.45. The Hall–Kier alpha value is -0.250. The molecule has 2 rings (SSSR count). The fourth-order valence-corrected chi connectivity index (χ4v) is 2.35. The quantitative estimate of drug-likeness (QED) is 0.903. The lowest BCUT2D eigenvalue weighted by molar-refractivity contribution is 0.443. The molecule has 0 radical (unpaired) electrons. The highest BCUT2D eigenvalue weighted by molar-refractivity contribution is 9.10. The van der Waals surface area contributed by atoms with Crippen molar-refractivity contribution in [2.24, 2.45) is 0 Å². The maximum absolute atomic E-state index is 3.46. The van der Waals surface area contributed by atoms with Crippen LogP contribution in [-0.4, -0.2) is 26.2 Å². The third kappa shape index (κ3) is 3.37. The van der Waals surface area contributed by atoms with E-state index in [1.807, 2.05) is 0 Å². The number of benzene rings is 1. The second-order valence-electron chi connectivity index (χ2n) is 4.07. The first-order valence-corrected chi connectivity index (χ1v) is 6.26. The third-order valence-corrected chi connectivity index (χ3v) is 3.62. The average Bonchev–Trinajstić information content (AvgIpc) is 2.30. The van der Waals surface area contributed by atoms with Gasteiger partial charge < -0.3 is 10.2 Å².